The van der Waals surface area contributed by atoms with Crippen molar-refractivity contribution >= 4 is 16.9 Å². The van der Waals surface area contributed by atoms with Gasteiger partial charge in [0.05, 0.1) is 17.5 Å². The summed E-state index contributed by atoms with van der Waals surface area (Å²) in [7, 11) is 0. The largest absolute Gasteiger partial charge is 0.354 e. The summed E-state index contributed by atoms with van der Waals surface area (Å²) in [5.41, 5.74) is 4.13. The number of hydrogen-bond donors (Lipinski definition) is 1. The zero-order valence-corrected chi connectivity index (χ0v) is 16.7. The number of aryl methyl sites for hydroxylation is 2. The number of aromatic nitrogens is 2. The Morgan fingerprint density at radius 1 is 0.867 bits per heavy atom. The van der Waals surface area contributed by atoms with E-state index in [1.54, 1.807) is 12.1 Å². The fraction of sp³-hybridized carbons (Fsp3) is 0.200. The van der Waals surface area contributed by atoms with E-state index in [4.69, 9.17) is 4.98 Å². The maximum absolute atomic E-state index is 13.0. The lowest BCUT2D eigenvalue weighted by atomic mass is 10.1. The van der Waals surface area contributed by atoms with E-state index in [0.29, 0.717) is 13.1 Å². The molecule has 1 amide bonds. The number of nitrogens with one attached hydrogen (secondary N) is 1. The molecular weight excluding hydrogens is 377 g/mol. The first kappa shape index (κ1) is 19.8. The molecule has 5 heteroatoms. The minimum absolute atomic E-state index is 0.0723. The maximum Gasteiger partial charge on any atom is 0.224 e. The third-order valence-electron chi connectivity index (χ3n) is 5.15. The molecule has 0 saturated heterocycles. The molecule has 0 bridgehead atoms. The van der Waals surface area contributed by atoms with Crippen LogP contribution in [0.15, 0.2) is 78.9 Å². The van der Waals surface area contributed by atoms with Crippen LogP contribution in [-0.2, 0) is 30.6 Å². The summed E-state index contributed by atoms with van der Waals surface area (Å²) in [4.78, 5) is 17.1. The molecule has 30 heavy (non-hydrogen) atoms. The number of hydrogen-bond acceptors (Lipinski definition) is 2. The third kappa shape index (κ3) is 4.92. The number of carbonyl (C=O) groups excluding carboxylic acids is 1. The van der Waals surface area contributed by atoms with Crippen LogP contribution in [0, 0.1) is 5.82 Å². The Labute approximate surface area is 175 Å². The van der Waals surface area contributed by atoms with Crippen LogP contribution in [0.3, 0.4) is 0 Å². The van der Waals surface area contributed by atoms with E-state index in [-0.39, 0.29) is 18.1 Å². The monoisotopic (exact) mass is 401 g/mol. The number of imidazole rings is 1. The van der Waals surface area contributed by atoms with Gasteiger partial charge in [0, 0.05) is 19.5 Å². The van der Waals surface area contributed by atoms with Crippen LogP contribution >= 0.6 is 0 Å². The molecule has 3 aromatic carbocycles. The molecule has 0 aliphatic heterocycles. The lowest BCUT2D eigenvalue weighted by molar-refractivity contribution is -0.120. The topological polar surface area (TPSA) is 46.9 Å². The van der Waals surface area contributed by atoms with Gasteiger partial charge in [0.15, 0.2) is 0 Å². The van der Waals surface area contributed by atoms with Crippen LogP contribution < -0.4 is 5.32 Å². The lowest BCUT2D eigenvalue weighted by Crippen LogP contribution is -2.29. The molecule has 0 fully saturated rings. The molecule has 4 aromatic rings. The number of fused-ring (bicyclic) bond motifs is 1. The molecule has 0 unspecified atom stereocenters. The Balaban J connectivity index is 1.41. The standard InChI is InChI=1S/C25H24FN3O/c26-21-13-10-20(11-14-21)18-25(30)27-16-17-29-23-9-5-4-8-22(23)28-24(29)15-12-19-6-2-1-3-7-19/h1-11,13-14H,12,15-18H2,(H,27,30). The second-order valence-corrected chi connectivity index (χ2v) is 7.31. The van der Waals surface area contributed by atoms with Crippen molar-refractivity contribution in [3.05, 3.63) is 102 Å². The van der Waals surface area contributed by atoms with Gasteiger partial charge in [-0.1, -0.05) is 54.6 Å². The minimum atomic E-state index is -0.297. The highest BCUT2D eigenvalue weighted by molar-refractivity contribution is 5.78. The first-order valence-electron chi connectivity index (χ1n) is 10.2. The summed E-state index contributed by atoms with van der Waals surface area (Å²) >= 11 is 0. The highest BCUT2D eigenvalue weighted by Crippen LogP contribution is 2.17. The number of amides is 1. The van der Waals surface area contributed by atoms with Crippen molar-refractivity contribution in [2.75, 3.05) is 6.54 Å². The maximum atomic E-state index is 13.0. The van der Waals surface area contributed by atoms with Crippen molar-refractivity contribution in [3.8, 4) is 0 Å². The summed E-state index contributed by atoms with van der Waals surface area (Å²) in [5.74, 6) is 0.652. The van der Waals surface area contributed by atoms with E-state index in [9.17, 15) is 9.18 Å². The first-order valence-corrected chi connectivity index (χ1v) is 10.2. The Bertz CT molecular complexity index is 1120. The molecule has 4 nitrogen and oxygen atoms in total. The zero-order valence-electron chi connectivity index (χ0n) is 16.7. The van der Waals surface area contributed by atoms with Gasteiger partial charge in [-0.25, -0.2) is 9.37 Å². The Morgan fingerprint density at radius 3 is 2.40 bits per heavy atom. The Kier molecular flexibility index (Phi) is 6.18. The van der Waals surface area contributed by atoms with Gasteiger partial charge in [0.1, 0.15) is 11.6 Å². The molecule has 1 N–H and O–H groups in total. The number of rotatable bonds is 8. The highest BCUT2D eigenvalue weighted by atomic mass is 19.1. The predicted octanol–water partition coefficient (Wildman–Crippen LogP) is 4.32. The molecular formula is C25H24FN3O. The zero-order chi connectivity index (χ0) is 20.8. The molecule has 0 atom stereocenters. The summed E-state index contributed by atoms with van der Waals surface area (Å²) in [5, 5.41) is 2.97. The third-order valence-corrected chi connectivity index (χ3v) is 5.15. The van der Waals surface area contributed by atoms with Crippen LogP contribution in [-0.4, -0.2) is 22.0 Å². The van der Waals surface area contributed by atoms with Crippen molar-refractivity contribution in [2.45, 2.75) is 25.8 Å². The number of para-hydroxylation sites is 2. The summed E-state index contributed by atoms with van der Waals surface area (Å²) < 4.78 is 15.2. The normalized spacial score (nSPS) is 11.0. The number of carbonyl (C=O) groups is 1. The summed E-state index contributed by atoms with van der Waals surface area (Å²) in [6.07, 6.45) is 2.00. The second kappa shape index (κ2) is 9.35. The van der Waals surface area contributed by atoms with Crippen molar-refractivity contribution in [3.63, 3.8) is 0 Å². The fourth-order valence-electron chi connectivity index (χ4n) is 3.62. The van der Waals surface area contributed by atoms with E-state index in [1.807, 2.05) is 24.3 Å². The highest BCUT2D eigenvalue weighted by Gasteiger charge is 2.11. The second-order valence-electron chi connectivity index (χ2n) is 7.31. The smallest absolute Gasteiger partial charge is 0.224 e. The lowest BCUT2D eigenvalue weighted by Gasteiger charge is -2.11. The molecule has 0 aliphatic carbocycles. The quantitative estimate of drug-likeness (QED) is 0.478. The van der Waals surface area contributed by atoms with Gasteiger partial charge in [-0.2, -0.15) is 0 Å². The number of benzene rings is 3. The molecule has 1 aromatic heterocycles. The summed E-state index contributed by atoms with van der Waals surface area (Å²) in [6.45, 7) is 1.17. The number of nitrogens with zero attached hydrogens (tertiary/aromatic N) is 2. The van der Waals surface area contributed by atoms with Crippen molar-refractivity contribution < 1.29 is 9.18 Å². The average Bonchev–Trinajstić information content (AvgIpc) is 3.12. The van der Waals surface area contributed by atoms with Crippen molar-refractivity contribution in [1.82, 2.24) is 14.9 Å². The van der Waals surface area contributed by atoms with Crippen LogP contribution in [0.4, 0.5) is 4.39 Å². The van der Waals surface area contributed by atoms with Gasteiger partial charge in [-0.15, -0.1) is 0 Å². The molecule has 0 spiro atoms. The van der Waals surface area contributed by atoms with E-state index in [0.717, 1.165) is 35.3 Å². The molecule has 0 radical (unpaired) electrons. The molecule has 0 aliphatic rings. The van der Waals surface area contributed by atoms with Gasteiger partial charge in [0.2, 0.25) is 5.91 Å². The van der Waals surface area contributed by atoms with E-state index in [1.165, 1.54) is 17.7 Å². The average molecular weight is 401 g/mol. The van der Waals surface area contributed by atoms with Gasteiger partial charge in [-0.3, -0.25) is 4.79 Å². The van der Waals surface area contributed by atoms with Crippen LogP contribution in [0.25, 0.3) is 11.0 Å². The van der Waals surface area contributed by atoms with Gasteiger partial charge in [-0.05, 0) is 41.8 Å². The van der Waals surface area contributed by atoms with E-state index >= 15 is 0 Å². The number of halogens is 1. The van der Waals surface area contributed by atoms with Crippen molar-refractivity contribution in [2.24, 2.45) is 0 Å². The van der Waals surface area contributed by atoms with Gasteiger partial charge < -0.3 is 9.88 Å². The Morgan fingerprint density at radius 2 is 1.60 bits per heavy atom. The van der Waals surface area contributed by atoms with Crippen LogP contribution in [0.5, 0.6) is 0 Å². The Hall–Kier alpha value is -3.47. The van der Waals surface area contributed by atoms with E-state index in [2.05, 4.69) is 40.2 Å². The fourth-order valence-corrected chi connectivity index (χ4v) is 3.62. The SMILES string of the molecule is O=C(Cc1ccc(F)cc1)NCCn1c(CCc2ccccc2)nc2ccccc21. The first-order chi connectivity index (χ1) is 14.7. The van der Waals surface area contributed by atoms with Gasteiger partial charge in [0.25, 0.3) is 0 Å². The molecule has 152 valence electrons. The van der Waals surface area contributed by atoms with Crippen LogP contribution in [0.2, 0.25) is 0 Å². The summed E-state index contributed by atoms with van der Waals surface area (Å²) in [6, 6.07) is 24.5. The predicted molar refractivity (Wildman–Crippen MR) is 117 cm³/mol. The van der Waals surface area contributed by atoms with Gasteiger partial charge >= 0.3 is 0 Å². The van der Waals surface area contributed by atoms with E-state index < -0.39 is 0 Å². The molecule has 4 rings (SSSR count). The molecule has 0 saturated carbocycles. The molecule has 1 heterocycles. The van der Waals surface area contributed by atoms with Crippen molar-refractivity contribution in [1.29, 1.82) is 0 Å². The van der Waals surface area contributed by atoms with Crippen LogP contribution in [0.1, 0.15) is 17.0 Å². The minimum Gasteiger partial charge on any atom is -0.354 e.